The highest BCUT2D eigenvalue weighted by Gasteiger charge is 1.97. The Hall–Kier alpha value is 0.140. The zero-order valence-electron chi connectivity index (χ0n) is 5.10. The Morgan fingerprint density at radius 2 is 2.00 bits per heavy atom. The Labute approximate surface area is 76.3 Å². The van der Waals surface area contributed by atoms with E-state index in [0.29, 0.717) is 0 Å². The third kappa shape index (κ3) is 1.81. The van der Waals surface area contributed by atoms with Crippen LogP contribution >= 0.6 is 31.9 Å². The Kier molecular flexibility index (Phi) is 2.89. The molecule has 0 aliphatic heterocycles. The second-order valence-electron chi connectivity index (χ2n) is 1.88. The summed E-state index contributed by atoms with van der Waals surface area (Å²) < 4.78 is 1.86. The molecule has 1 rings (SSSR count). The molecule has 1 aromatic carbocycles. The molecule has 10 heavy (non-hydrogen) atoms. The fraction of sp³-hybridized carbons (Fsp3) is 0.143. The average Bonchev–Trinajstić information content (AvgIpc) is 1.88. The number of halogens is 2. The van der Waals surface area contributed by atoms with E-state index in [0.717, 1.165) is 14.5 Å². The summed E-state index contributed by atoms with van der Waals surface area (Å²) in [5.41, 5.74) is 0.795. The zero-order valence-corrected chi connectivity index (χ0v) is 8.28. The van der Waals surface area contributed by atoms with Gasteiger partial charge in [0.15, 0.2) is 0 Å². The summed E-state index contributed by atoms with van der Waals surface area (Å²) in [6.07, 6.45) is 0. The van der Waals surface area contributed by atoms with Crippen molar-refractivity contribution in [2.45, 2.75) is 6.61 Å². The molecule has 0 spiro atoms. The molecule has 0 saturated heterocycles. The average molecular weight is 265 g/mol. The largest absolute Gasteiger partial charge is 0.232 e. The number of rotatable bonds is 1. The van der Waals surface area contributed by atoms with Gasteiger partial charge in [0.2, 0.25) is 0 Å². The second kappa shape index (κ2) is 3.51. The molecule has 0 amide bonds. The summed E-state index contributed by atoms with van der Waals surface area (Å²) in [4.78, 5) is 0. The number of hydrogen-bond acceptors (Lipinski definition) is 0. The van der Waals surface area contributed by atoms with E-state index in [1.165, 1.54) is 0 Å². The van der Waals surface area contributed by atoms with Gasteiger partial charge in [0, 0.05) is 8.95 Å². The van der Waals surface area contributed by atoms with E-state index in [2.05, 4.69) is 31.9 Å². The lowest BCUT2D eigenvalue weighted by molar-refractivity contribution is 0.177. The van der Waals surface area contributed by atoms with Gasteiger partial charge in [-0.1, -0.05) is 37.9 Å². The van der Waals surface area contributed by atoms with E-state index in [1.807, 2.05) is 12.1 Å². The fourth-order valence-corrected chi connectivity index (χ4v) is 1.80. The third-order valence-corrected chi connectivity index (χ3v) is 2.40. The standard InChI is InChI=1S/C7H5Br2O/c8-6-2-1-5(4-10)7(9)3-6/h1-3H,4H2. The van der Waals surface area contributed by atoms with Gasteiger partial charge >= 0.3 is 0 Å². The predicted octanol–water partition coefficient (Wildman–Crippen LogP) is 3.14. The molecule has 1 nitrogen and oxygen atoms in total. The van der Waals surface area contributed by atoms with E-state index in [-0.39, 0.29) is 6.61 Å². The third-order valence-electron chi connectivity index (χ3n) is 1.17. The molecule has 0 heterocycles. The summed E-state index contributed by atoms with van der Waals surface area (Å²) in [6.45, 7) is -0.173. The van der Waals surface area contributed by atoms with Gasteiger partial charge in [0.25, 0.3) is 0 Å². The second-order valence-corrected chi connectivity index (χ2v) is 3.65. The highest BCUT2D eigenvalue weighted by Crippen LogP contribution is 2.21. The van der Waals surface area contributed by atoms with Gasteiger partial charge < -0.3 is 0 Å². The van der Waals surface area contributed by atoms with E-state index >= 15 is 0 Å². The lowest BCUT2D eigenvalue weighted by Gasteiger charge is -1.97. The van der Waals surface area contributed by atoms with Crippen molar-refractivity contribution in [1.29, 1.82) is 0 Å². The van der Waals surface area contributed by atoms with Crippen LogP contribution in [0.3, 0.4) is 0 Å². The van der Waals surface area contributed by atoms with Crippen molar-refractivity contribution in [3.8, 4) is 0 Å². The van der Waals surface area contributed by atoms with Crippen molar-refractivity contribution < 1.29 is 5.11 Å². The summed E-state index contributed by atoms with van der Waals surface area (Å²) in [5, 5.41) is 10.4. The number of hydrogen-bond donors (Lipinski definition) is 0. The van der Waals surface area contributed by atoms with Crippen molar-refractivity contribution in [1.82, 2.24) is 0 Å². The molecule has 0 N–H and O–H groups in total. The van der Waals surface area contributed by atoms with Crippen LogP contribution in [0, 0.1) is 0 Å². The monoisotopic (exact) mass is 263 g/mol. The van der Waals surface area contributed by atoms with Crippen LogP contribution < -0.4 is 0 Å². The van der Waals surface area contributed by atoms with Crippen molar-refractivity contribution in [2.75, 3.05) is 0 Å². The molecule has 0 bridgehead atoms. The Morgan fingerprint density at radius 3 is 2.50 bits per heavy atom. The highest BCUT2D eigenvalue weighted by atomic mass is 79.9. The Morgan fingerprint density at radius 1 is 1.30 bits per heavy atom. The molecule has 0 atom stereocenters. The molecule has 1 aromatic rings. The molecule has 1 radical (unpaired) electrons. The maximum atomic E-state index is 10.4. The Bertz CT molecular complexity index is 235. The summed E-state index contributed by atoms with van der Waals surface area (Å²) in [5.74, 6) is 0. The summed E-state index contributed by atoms with van der Waals surface area (Å²) in [7, 11) is 0. The van der Waals surface area contributed by atoms with Gasteiger partial charge in [-0.15, -0.1) is 0 Å². The molecule has 0 aromatic heterocycles. The van der Waals surface area contributed by atoms with Crippen LogP contribution in [0.2, 0.25) is 0 Å². The first-order chi connectivity index (χ1) is 4.74. The maximum Gasteiger partial charge on any atom is 0.108 e. The predicted molar refractivity (Wildman–Crippen MR) is 46.2 cm³/mol. The minimum atomic E-state index is -0.173. The SMILES string of the molecule is [O]Cc1ccc(Br)cc1Br. The van der Waals surface area contributed by atoms with Crippen LogP contribution in [-0.2, 0) is 11.7 Å². The smallest absolute Gasteiger partial charge is 0.108 e. The molecule has 3 heteroatoms. The summed E-state index contributed by atoms with van der Waals surface area (Å²) in [6, 6.07) is 5.53. The van der Waals surface area contributed by atoms with Gasteiger partial charge in [-0.25, -0.2) is 5.11 Å². The molecular formula is C7H5Br2O. The molecule has 0 aliphatic rings. The van der Waals surface area contributed by atoms with Crippen molar-refractivity contribution >= 4 is 31.9 Å². The number of benzene rings is 1. The fourth-order valence-electron chi connectivity index (χ4n) is 0.639. The first-order valence-corrected chi connectivity index (χ1v) is 4.34. The lowest BCUT2D eigenvalue weighted by atomic mass is 10.2. The summed E-state index contributed by atoms with van der Waals surface area (Å²) >= 11 is 6.57. The van der Waals surface area contributed by atoms with Crippen LogP contribution in [-0.4, -0.2) is 0 Å². The van der Waals surface area contributed by atoms with Crippen LogP contribution in [0.5, 0.6) is 0 Å². The normalized spacial score (nSPS) is 9.90. The van der Waals surface area contributed by atoms with Gasteiger partial charge in [0.05, 0.1) is 0 Å². The molecule has 53 valence electrons. The van der Waals surface area contributed by atoms with Crippen LogP contribution in [0.25, 0.3) is 0 Å². The van der Waals surface area contributed by atoms with Crippen molar-refractivity contribution in [3.63, 3.8) is 0 Å². The highest BCUT2D eigenvalue weighted by molar-refractivity contribution is 9.11. The first-order valence-electron chi connectivity index (χ1n) is 2.76. The van der Waals surface area contributed by atoms with Crippen molar-refractivity contribution in [2.24, 2.45) is 0 Å². The van der Waals surface area contributed by atoms with E-state index in [9.17, 15) is 5.11 Å². The van der Waals surface area contributed by atoms with Crippen molar-refractivity contribution in [3.05, 3.63) is 32.7 Å². The van der Waals surface area contributed by atoms with Crippen LogP contribution in [0.15, 0.2) is 27.1 Å². The molecule has 0 saturated carbocycles. The topological polar surface area (TPSA) is 19.9 Å². The van der Waals surface area contributed by atoms with Crippen LogP contribution in [0.1, 0.15) is 5.56 Å². The van der Waals surface area contributed by atoms with Gasteiger partial charge in [-0.2, -0.15) is 0 Å². The molecular weight excluding hydrogens is 260 g/mol. The minimum Gasteiger partial charge on any atom is -0.232 e. The van der Waals surface area contributed by atoms with Gasteiger partial charge in [-0.3, -0.25) is 0 Å². The molecule has 0 fully saturated rings. The maximum absolute atomic E-state index is 10.4. The van der Waals surface area contributed by atoms with Gasteiger partial charge in [0.1, 0.15) is 6.61 Å². The van der Waals surface area contributed by atoms with E-state index < -0.39 is 0 Å². The zero-order chi connectivity index (χ0) is 7.56. The first kappa shape index (κ1) is 8.24. The molecule has 0 aliphatic carbocycles. The van der Waals surface area contributed by atoms with E-state index in [4.69, 9.17) is 0 Å². The molecule has 0 unspecified atom stereocenters. The lowest BCUT2D eigenvalue weighted by Crippen LogP contribution is -1.81. The Balaban J connectivity index is 3.07. The quantitative estimate of drug-likeness (QED) is 0.743. The van der Waals surface area contributed by atoms with Gasteiger partial charge in [-0.05, 0) is 17.7 Å². The minimum absolute atomic E-state index is 0.173. The van der Waals surface area contributed by atoms with E-state index in [1.54, 1.807) is 6.07 Å². The van der Waals surface area contributed by atoms with Crippen LogP contribution in [0.4, 0.5) is 0 Å².